The smallest absolute Gasteiger partial charge is 0.410 e. The van der Waals surface area contributed by atoms with Crippen LogP contribution in [0.1, 0.15) is 74.5 Å². The lowest BCUT2D eigenvalue weighted by Crippen LogP contribution is -2.43. The second-order valence-electron chi connectivity index (χ2n) is 12.3. The summed E-state index contributed by atoms with van der Waals surface area (Å²) in [6.45, 7) is 8.76. The highest BCUT2D eigenvalue weighted by Crippen LogP contribution is 2.35. The number of ether oxygens (including phenoxy) is 1. The zero-order chi connectivity index (χ0) is 30.6. The van der Waals surface area contributed by atoms with Crippen molar-refractivity contribution in [1.29, 1.82) is 0 Å². The average molecular weight is 582 g/mol. The molecule has 1 aliphatic heterocycles. The third kappa shape index (κ3) is 7.04. The molecule has 2 heterocycles. The molecule has 2 amide bonds. The SMILES string of the molecule is CCC(NC(=O)c1c(CC2CCCN(C(=O)OC(C)(C)C)C2)c(-c2ccccc2)nc2c(F)cccc12)c1ccccc1. The van der Waals surface area contributed by atoms with E-state index in [0.717, 1.165) is 29.5 Å². The monoisotopic (exact) mass is 581 g/mol. The summed E-state index contributed by atoms with van der Waals surface area (Å²) in [6.07, 6.45) is 2.59. The van der Waals surface area contributed by atoms with Crippen LogP contribution in [0.15, 0.2) is 78.9 Å². The molecule has 1 N–H and O–H groups in total. The molecule has 1 fully saturated rings. The van der Waals surface area contributed by atoms with Crippen molar-refractivity contribution in [1.82, 2.24) is 15.2 Å². The number of piperidine rings is 1. The van der Waals surface area contributed by atoms with Gasteiger partial charge in [-0.15, -0.1) is 0 Å². The van der Waals surface area contributed by atoms with Crippen LogP contribution in [-0.4, -0.2) is 40.6 Å². The van der Waals surface area contributed by atoms with Gasteiger partial charge in [0.15, 0.2) is 0 Å². The Kier molecular flexibility index (Phi) is 9.09. The van der Waals surface area contributed by atoms with Crippen LogP contribution in [0.4, 0.5) is 9.18 Å². The van der Waals surface area contributed by atoms with Crippen molar-refractivity contribution >= 4 is 22.9 Å². The quantitative estimate of drug-likeness (QED) is 0.239. The highest BCUT2D eigenvalue weighted by atomic mass is 19.1. The predicted octanol–water partition coefficient (Wildman–Crippen LogP) is 8.11. The van der Waals surface area contributed by atoms with Crippen molar-refractivity contribution in [2.75, 3.05) is 13.1 Å². The summed E-state index contributed by atoms with van der Waals surface area (Å²) < 4.78 is 21.0. The van der Waals surface area contributed by atoms with E-state index < -0.39 is 11.4 Å². The fraction of sp³-hybridized carbons (Fsp3) is 0.361. The van der Waals surface area contributed by atoms with Gasteiger partial charge in [-0.3, -0.25) is 4.79 Å². The summed E-state index contributed by atoms with van der Waals surface area (Å²) in [5.41, 5.74) is 3.19. The molecule has 1 saturated heterocycles. The van der Waals surface area contributed by atoms with Gasteiger partial charge < -0.3 is 15.0 Å². The molecule has 1 aromatic heterocycles. The van der Waals surface area contributed by atoms with Crippen LogP contribution in [0.3, 0.4) is 0 Å². The summed E-state index contributed by atoms with van der Waals surface area (Å²) in [5, 5.41) is 3.73. The lowest BCUT2D eigenvalue weighted by molar-refractivity contribution is 0.0166. The molecule has 0 spiro atoms. The molecule has 0 saturated carbocycles. The number of halogens is 1. The van der Waals surface area contributed by atoms with Gasteiger partial charge in [-0.05, 0) is 69.6 Å². The van der Waals surface area contributed by atoms with Crippen LogP contribution in [-0.2, 0) is 11.2 Å². The van der Waals surface area contributed by atoms with Gasteiger partial charge in [0.25, 0.3) is 5.91 Å². The summed E-state index contributed by atoms with van der Waals surface area (Å²) in [4.78, 5) is 33.9. The Morgan fingerprint density at radius 1 is 1.02 bits per heavy atom. The van der Waals surface area contributed by atoms with E-state index in [0.29, 0.717) is 42.6 Å². The number of pyridine rings is 1. The maximum absolute atomic E-state index is 15.3. The maximum Gasteiger partial charge on any atom is 0.410 e. The molecule has 43 heavy (non-hydrogen) atoms. The first-order valence-corrected chi connectivity index (χ1v) is 15.1. The van der Waals surface area contributed by atoms with Crippen molar-refractivity contribution in [3.63, 3.8) is 0 Å². The summed E-state index contributed by atoms with van der Waals surface area (Å²) in [7, 11) is 0. The molecule has 0 aliphatic carbocycles. The second kappa shape index (κ2) is 12.9. The highest BCUT2D eigenvalue weighted by Gasteiger charge is 2.31. The number of benzene rings is 3. The summed E-state index contributed by atoms with van der Waals surface area (Å²) in [5.74, 6) is -0.668. The van der Waals surface area contributed by atoms with E-state index in [1.165, 1.54) is 6.07 Å². The van der Waals surface area contributed by atoms with Crippen LogP contribution in [0.5, 0.6) is 0 Å². The van der Waals surface area contributed by atoms with Crippen LogP contribution >= 0.6 is 0 Å². The van der Waals surface area contributed by atoms with Gasteiger partial charge in [-0.1, -0.05) is 79.7 Å². The summed E-state index contributed by atoms with van der Waals surface area (Å²) >= 11 is 0. The molecule has 7 heteroatoms. The Bertz CT molecular complexity index is 1580. The molecule has 0 radical (unpaired) electrons. The average Bonchev–Trinajstić information content (AvgIpc) is 3.00. The van der Waals surface area contributed by atoms with E-state index in [2.05, 4.69) is 5.32 Å². The first-order valence-electron chi connectivity index (χ1n) is 15.1. The first-order chi connectivity index (χ1) is 20.6. The Morgan fingerprint density at radius 2 is 1.72 bits per heavy atom. The number of amides is 2. The fourth-order valence-corrected chi connectivity index (χ4v) is 5.93. The summed E-state index contributed by atoms with van der Waals surface area (Å²) in [6, 6.07) is 24.1. The number of hydrogen-bond donors (Lipinski definition) is 1. The Hall–Kier alpha value is -4.26. The topological polar surface area (TPSA) is 71.5 Å². The normalized spacial score (nSPS) is 16.1. The Balaban J connectivity index is 1.61. The largest absolute Gasteiger partial charge is 0.444 e. The zero-order valence-corrected chi connectivity index (χ0v) is 25.4. The molecule has 224 valence electrons. The van der Waals surface area contributed by atoms with Crippen LogP contribution in [0, 0.1) is 11.7 Å². The number of fused-ring (bicyclic) bond motifs is 1. The van der Waals surface area contributed by atoms with E-state index in [1.54, 1.807) is 17.0 Å². The van der Waals surface area contributed by atoms with Gasteiger partial charge in [0.05, 0.1) is 17.3 Å². The molecule has 0 bridgehead atoms. The van der Waals surface area contributed by atoms with Crippen LogP contribution in [0.2, 0.25) is 0 Å². The minimum Gasteiger partial charge on any atom is -0.444 e. The molecule has 4 aromatic rings. The minimum absolute atomic E-state index is 0.0687. The molecule has 6 nitrogen and oxygen atoms in total. The number of para-hydroxylation sites is 1. The van der Waals surface area contributed by atoms with Crippen LogP contribution < -0.4 is 5.32 Å². The van der Waals surface area contributed by atoms with Gasteiger partial charge >= 0.3 is 6.09 Å². The molecule has 2 unspecified atom stereocenters. The van der Waals surface area contributed by atoms with Gasteiger partial charge in [-0.2, -0.15) is 0 Å². The van der Waals surface area contributed by atoms with E-state index in [-0.39, 0.29) is 29.5 Å². The number of nitrogens with zero attached hydrogens (tertiary/aromatic N) is 2. The van der Waals surface area contributed by atoms with Gasteiger partial charge in [0.1, 0.15) is 16.9 Å². The Labute approximate surface area is 253 Å². The molecule has 2 atom stereocenters. The molecule has 1 aliphatic rings. The number of likely N-dealkylation sites (tertiary alicyclic amines) is 1. The molecular formula is C36H40FN3O3. The van der Waals surface area contributed by atoms with Crippen molar-refractivity contribution in [2.24, 2.45) is 5.92 Å². The molecule has 5 rings (SSSR count). The number of aromatic nitrogens is 1. The van der Waals surface area contributed by atoms with Crippen LogP contribution in [0.25, 0.3) is 22.2 Å². The standard InChI is InChI=1S/C36H40FN3O3/c1-5-30(25-15-8-6-9-16-25)38-34(41)31-27-19-12-20-29(37)33(27)39-32(26-17-10-7-11-18-26)28(31)22-24-14-13-21-40(23-24)35(42)43-36(2,3)4/h6-12,15-20,24,30H,5,13-14,21-23H2,1-4H3,(H,38,41). The van der Waals surface area contributed by atoms with Crippen molar-refractivity contribution in [2.45, 2.75) is 65.0 Å². The van der Waals surface area contributed by atoms with E-state index in [1.807, 2.05) is 88.4 Å². The predicted molar refractivity (Wildman–Crippen MR) is 168 cm³/mol. The maximum atomic E-state index is 15.3. The lowest BCUT2D eigenvalue weighted by atomic mass is 9.85. The lowest BCUT2D eigenvalue weighted by Gasteiger charge is -2.34. The van der Waals surface area contributed by atoms with Crippen molar-refractivity contribution in [3.8, 4) is 11.3 Å². The van der Waals surface area contributed by atoms with E-state index >= 15 is 4.39 Å². The molecular weight excluding hydrogens is 541 g/mol. The number of carbonyl (C=O) groups excluding carboxylic acids is 2. The van der Waals surface area contributed by atoms with Crippen molar-refractivity contribution < 1.29 is 18.7 Å². The first kappa shape index (κ1) is 30.2. The van der Waals surface area contributed by atoms with Gasteiger partial charge in [0, 0.05) is 24.0 Å². The van der Waals surface area contributed by atoms with Crippen molar-refractivity contribution in [3.05, 3.63) is 101 Å². The second-order valence-corrected chi connectivity index (χ2v) is 12.3. The van der Waals surface area contributed by atoms with Gasteiger partial charge in [-0.25, -0.2) is 14.2 Å². The number of carbonyl (C=O) groups is 2. The van der Waals surface area contributed by atoms with Gasteiger partial charge in [0.2, 0.25) is 0 Å². The third-order valence-electron chi connectivity index (χ3n) is 7.92. The molecule has 3 aromatic carbocycles. The minimum atomic E-state index is -0.587. The third-order valence-corrected chi connectivity index (χ3v) is 7.92. The Morgan fingerprint density at radius 3 is 2.40 bits per heavy atom. The number of rotatable bonds is 7. The zero-order valence-electron chi connectivity index (χ0n) is 25.4. The highest BCUT2D eigenvalue weighted by molar-refractivity contribution is 6.09. The fourth-order valence-electron chi connectivity index (χ4n) is 5.93. The number of nitrogens with one attached hydrogen (secondary N) is 1. The van der Waals surface area contributed by atoms with E-state index in [4.69, 9.17) is 9.72 Å². The van der Waals surface area contributed by atoms with E-state index in [9.17, 15) is 9.59 Å². The number of hydrogen-bond acceptors (Lipinski definition) is 4.